The van der Waals surface area contributed by atoms with Crippen LogP contribution in [0.1, 0.15) is 18.5 Å². The highest BCUT2D eigenvalue weighted by atomic mass is 15.2. The van der Waals surface area contributed by atoms with Gasteiger partial charge in [0.15, 0.2) is 0 Å². The van der Waals surface area contributed by atoms with Crippen molar-refractivity contribution in [2.24, 2.45) is 0 Å². The second kappa shape index (κ2) is 7.57. The number of pyridine rings is 1. The number of nitrogens with zero attached hydrogens (tertiary/aromatic N) is 4. The molecule has 0 saturated carbocycles. The smallest absolute Gasteiger partial charge is 0.0795 e. The third-order valence-electron chi connectivity index (χ3n) is 6.21. The molecule has 4 heterocycles. The van der Waals surface area contributed by atoms with E-state index in [1.165, 1.54) is 53.8 Å². The summed E-state index contributed by atoms with van der Waals surface area (Å²) in [6.45, 7) is 7.90. The number of nitrogens with one attached hydrogen (secondary N) is 1. The zero-order chi connectivity index (χ0) is 18.9. The van der Waals surface area contributed by atoms with E-state index in [0.717, 1.165) is 38.4 Å². The predicted octanol–water partition coefficient (Wildman–Crippen LogP) is 3.58. The summed E-state index contributed by atoms with van der Waals surface area (Å²) in [5.74, 6) is 0. The number of anilines is 1. The summed E-state index contributed by atoms with van der Waals surface area (Å²) in [4.78, 5) is 15.7. The fourth-order valence-electron chi connectivity index (χ4n) is 4.50. The second-order valence-corrected chi connectivity index (χ2v) is 8.24. The van der Waals surface area contributed by atoms with Gasteiger partial charge in [0, 0.05) is 66.8 Å². The Labute approximate surface area is 167 Å². The lowest BCUT2D eigenvalue weighted by molar-refractivity contribution is 0.313. The molecule has 2 saturated heterocycles. The highest BCUT2D eigenvalue weighted by Crippen LogP contribution is 2.29. The van der Waals surface area contributed by atoms with E-state index < -0.39 is 0 Å². The van der Waals surface area contributed by atoms with Crippen LogP contribution in [0.4, 0.5) is 5.69 Å². The van der Waals surface area contributed by atoms with Gasteiger partial charge in [-0.3, -0.25) is 9.88 Å². The first kappa shape index (κ1) is 17.7. The first-order valence-corrected chi connectivity index (χ1v) is 10.5. The molecule has 0 radical (unpaired) electrons. The molecule has 5 heteroatoms. The molecule has 2 aliphatic rings. The lowest BCUT2D eigenvalue weighted by Gasteiger charge is -2.34. The molecule has 0 unspecified atom stereocenters. The fraction of sp³-hybridized carbons (Fsp3) is 0.435. The molecule has 1 aromatic carbocycles. The van der Waals surface area contributed by atoms with Crippen LogP contribution in [0.25, 0.3) is 22.2 Å². The molecule has 0 aliphatic carbocycles. The van der Waals surface area contributed by atoms with E-state index >= 15 is 0 Å². The third-order valence-corrected chi connectivity index (χ3v) is 6.21. The lowest BCUT2D eigenvalue weighted by Crippen LogP contribution is -2.44. The van der Waals surface area contributed by atoms with Crippen molar-refractivity contribution >= 4 is 16.6 Å². The maximum atomic E-state index is 4.72. The summed E-state index contributed by atoms with van der Waals surface area (Å²) in [7, 11) is 2.20. The van der Waals surface area contributed by atoms with Crippen LogP contribution in [0.2, 0.25) is 0 Å². The zero-order valence-corrected chi connectivity index (χ0v) is 16.7. The lowest BCUT2D eigenvalue weighted by atomic mass is 10.1. The van der Waals surface area contributed by atoms with Gasteiger partial charge in [-0.2, -0.15) is 0 Å². The van der Waals surface area contributed by atoms with Gasteiger partial charge in [-0.15, -0.1) is 0 Å². The van der Waals surface area contributed by atoms with Gasteiger partial charge in [0.1, 0.15) is 0 Å². The fourth-order valence-corrected chi connectivity index (χ4v) is 4.50. The molecule has 5 rings (SSSR count). The molecule has 2 aliphatic heterocycles. The summed E-state index contributed by atoms with van der Waals surface area (Å²) in [5.41, 5.74) is 6.05. The first-order chi connectivity index (χ1) is 13.8. The van der Waals surface area contributed by atoms with Crippen molar-refractivity contribution in [3.05, 3.63) is 48.3 Å². The van der Waals surface area contributed by atoms with Crippen LogP contribution >= 0.6 is 0 Å². The van der Waals surface area contributed by atoms with E-state index in [1.54, 1.807) is 0 Å². The number of benzene rings is 1. The van der Waals surface area contributed by atoms with Crippen LogP contribution in [-0.2, 0) is 6.54 Å². The molecular weight excluding hydrogens is 346 g/mol. The van der Waals surface area contributed by atoms with Gasteiger partial charge >= 0.3 is 0 Å². The Kier molecular flexibility index (Phi) is 4.79. The number of aromatic amines is 1. The minimum absolute atomic E-state index is 1.01. The molecule has 1 N–H and O–H groups in total. The zero-order valence-electron chi connectivity index (χ0n) is 16.7. The van der Waals surface area contributed by atoms with E-state index in [2.05, 4.69) is 63.1 Å². The number of likely N-dealkylation sites (tertiary alicyclic amines) is 1. The molecule has 146 valence electrons. The molecule has 28 heavy (non-hydrogen) atoms. The number of fused-ring (bicyclic) bond motifs is 1. The number of H-pyrrole nitrogens is 1. The van der Waals surface area contributed by atoms with Crippen molar-refractivity contribution in [2.45, 2.75) is 19.4 Å². The van der Waals surface area contributed by atoms with Crippen LogP contribution in [-0.4, -0.2) is 66.1 Å². The average molecular weight is 376 g/mol. The number of likely N-dealkylation sites (N-methyl/N-ethyl adjacent to an activating group) is 1. The highest BCUT2D eigenvalue weighted by molar-refractivity contribution is 5.93. The standard InChI is InChI=1S/C23H29N5/c1-26-12-14-28(15-13-26)20-6-4-18(5-7-20)23-21-16-19(17-27-10-2-3-11-27)25-22(21)8-9-24-23/h4-9,16,25H,2-3,10-15,17H2,1H3. The van der Waals surface area contributed by atoms with Gasteiger partial charge in [0.05, 0.1) is 5.69 Å². The van der Waals surface area contributed by atoms with Gasteiger partial charge in [-0.05, 0) is 57.2 Å². The Morgan fingerprint density at radius 2 is 1.68 bits per heavy atom. The van der Waals surface area contributed by atoms with Crippen LogP contribution in [0.15, 0.2) is 42.6 Å². The molecule has 0 bridgehead atoms. The van der Waals surface area contributed by atoms with Gasteiger partial charge < -0.3 is 14.8 Å². The van der Waals surface area contributed by atoms with Gasteiger partial charge in [0.25, 0.3) is 0 Å². The van der Waals surface area contributed by atoms with Crippen molar-refractivity contribution < 1.29 is 0 Å². The topological polar surface area (TPSA) is 38.4 Å². The molecular formula is C23H29N5. The Morgan fingerprint density at radius 3 is 2.43 bits per heavy atom. The SMILES string of the molecule is CN1CCN(c2ccc(-c3nccc4[nH]c(CN5CCCC5)cc34)cc2)CC1. The Morgan fingerprint density at radius 1 is 0.929 bits per heavy atom. The Balaban J connectivity index is 1.39. The van der Waals surface area contributed by atoms with Crippen molar-refractivity contribution in [3.63, 3.8) is 0 Å². The minimum atomic E-state index is 1.01. The average Bonchev–Trinajstić information content (AvgIpc) is 3.38. The molecule has 2 aromatic heterocycles. The van der Waals surface area contributed by atoms with Gasteiger partial charge in [-0.25, -0.2) is 0 Å². The minimum Gasteiger partial charge on any atom is -0.369 e. The number of piperazine rings is 1. The summed E-state index contributed by atoms with van der Waals surface area (Å²) < 4.78 is 0. The summed E-state index contributed by atoms with van der Waals surface area (Å²) in [6.07, 6.45) is 4.57. The number of hydrogen-bond acceptors (Lipinski definition) is 4. The van der Waals surface area contributed by atoms with Crippen molar-refractivity contribution in [1.82, 2.24) is 19.8 Å². The van der Waals surface area contributed by atoms with Crippen LogP contribution in [0, 0.1) is 0 Å². The van der Waals surface area contributed by atoms with Gasteiger partial charge in [-0.1, -0.05) is 12.1 Å². The predicted molar refractivity (Wildman–Crippen MR) is 116 cm³/mol. The Hall–Kier alpha value is -2.37. The maximum Gasteiger partial charge on any atom is 0.0795 e. The number of hydrogen-bond donors (Lipinski definition) is 1. The first-order valence-electron chi connectivity index (χ1n) is 10.5. The largest absolute Gasteiger partial charge is 0.369 e. The Bertz CT molecular complexity index is 931. The molecule has 0 amide bonds. The van der Waals surface area contributed by atoms with E-state index in [-0.39, 0.29) is 0 Å². The molecule has 2 fully saturated rings. The van der Waals surface area contributed by atoms with Crippen molar-refractivity contribution in [3.8, 4) is 11.3 Å². The quantitative estimate of drug-likeness (QED) is 0.757. The van der Waals surface area contributed by atoms with Crippen LogP contribution in [0.3, 0.4) is 0 Å². The monoisotopic (exact) mass is 375 g/mol. The molecule has 3 aromatic rings. The van der Waals surface area contributed by atoms with Crippen molar-refractivity contribution in [1.29, 1.82) is 0 Å². The van der Waals surface area contributed by atoms with Crippen LogP contribution < -0.4 is 4.90 Å². The van der Waals surface area contributed by atoms with E-state index in [0.29, 0.717) is 0 Å². The second-order valence-electron chi connectivity index (χ2n) is 8.24. The van der Waals surface area contributed by atoms with E-state index in [9.17, 15) is 0 Å². The van der Waals surface area contributed by atoms with Gasteiger partial charge in [0.2, 0.25) is 0 Å². The van der Waals surface area contributed by atoms with Crippen molar-refractivity contribution in [2.75, 3.05) is 51.2 Å². The van der Waals surface area contributed by atoms with E-state index in [4.69, 9.17) is 4.98 Å². The molecule has 5 nitrogen and oxygen atoms in total. The molecule has 0 atom stereocenters. The maximum absolute atomic E-state index is 4.72. The third kappa shape index (κ3) is 3.52. The summed E-state index contributed by atoms with van der Waals surface area (Å²) in [5, 5.41) is 1.23. The number of rotatable bonds is 4. The highest BCUT2D eigenvalue weighted by Gasteiger charge is 2.16. The molecule has 0 spiro atoms. The summed E-state index contributed by atoms with van der Waals surface area (Å²) >= 11 is 0. The normalized spacial score (nSPS) is 19.0. The summed E-state index contributed by atoms with van der Waals surface area (Å²) in [6, 6.07) is 13.3. The van der Waals surface area contributed by atoms with Crippen LogP contribution in [0.5, 0.6) is 0 Å². The van der Waals surface area contributed by atoms with E-state index in [1.807, 2.05) is 6.20 Å². The number of aromatic nitrogens is 2.